The number of ether oxygens (including phenoxy) is 1. The number of hydrogen-bond acceptors (Lipinski definition) is 7. The van der Waals surface area contributed by atoms with Gasteiger partial charge in [0.05, 0.1) is 5.71 Å². The topological polar surface area (TPSA) is 103 Å². The molecule has 0 radical (unpaired) electrons. The van der Waals surface area contributed by atoms with E-state index in [4.69, 9.17) is 14.4 Å². The molecule has 1 saturated heterocycles. The quantitative estimate of drug-likeness (QED) is 0.489. The number of oxime groups is 1. The van der Waals surface area contributed by atoms with E-state index in [1.807, 2.05) is 0 Å². The van der Waals surface area contributed by atoms with Crippen molar-refractivity contribution in [2.75, 3.05) is 12.9 Å². The summed E-state index contributed by atoms with van der Waals surface area (Å²) in [6, 6.07) is 4.53. The van der Waals surface area contributed by atoms with Crippen LogP contribution in [0, 0.1) is 17.7 Å². The van der Waals surface area contributed by atoms with Crippen molar-refractivity contribution in [1.29, 1.82) is 0 Å². The number of halogens is 1. The van der Waals surface area contributed by atoms with Gasteiger partial charge in [-0.3, -0.25) is 4.79 Å². The van der Waals surface area contributed by atoms with Gasteiger partial charge in [-0.05, 0) is 44.9 Å². The number of sulfone groups is 1. The van der Waals surface area contributed by atoms with Gasteiger partial charge in [-0.2, -0.15) is 0 Å². The zero-order valence-corrected chi connectivity index (χ0v) is 19.1. The summed E-state index contributed by atoms with van der Waals surface area (Å²) in [5.41, 5.74) is 3.36. The first-order valence-electron chi connectivity index (χ1n) is 10.4. The monoisotopic (exact) mass is 466 g/mol. The molecule has 10 heteroatoms. The summed E-state index contributed by atoms with van der Waals surface area (Å²) in [6.07, 6.45) is 2.02. The fourth-order valence-corrected chi connectivity index (χ4v) is 4.41. The highest BCUT2D eigenvalue weighted by molar-refractivity contribution is 7.92. The lowest BCUT2D eigenvalue weighted by atomic mass is 9.96. The van der Waals surface area contributed by atoms with Crippen LogP contribution in [0.3, 0.4) is 0 Å². The van der Waals surface area contributed by atoms with E-state index < -0.39 is 38.7 Å². The molecular formula is C22H27FN2O6S. The van der Waals surface area contributed by atoms with E-state index in [0.29, 0.717) is 24.3 Å². The van der Waals surface area contributed by atoms with Crippen molar-refractivity contribution in [3.8, 4) is 11.8 Å². The van der Waals surface area contributed by atoms with E-state index in [9.17, 15) is 17.6 Å². The third-order valence-electron chi connectivity index (χ3n) is 5.62. The maximum atomic E-state index is 14.5. The van der Waals surface area contributed by atoms with Gasteiger partial charge in [0.25, 0.3) is 5.91 Å². The van der Waals surface area contributed by atoms with Gasteiger partial charge in [0.2, 0.25) is 0 Å². The maximum absolute atomic E-state index is 14.5. The summed E-state index contributed by atoms with van der Waals surface area (Å²) in [6.45, 7) is 3.48. The van der Waals surface area contributed by atoms with Gasteiger partial charge < -0.3 is 9.57 Å². The van der Waals surface area contributed by atoms with Crippen molar-refractivity contribution < 1.29 is 32.0 Å². The molecule has 0 aliphatic carbocycles. The van der Waals surface area contributed by atoms with Crippen molar-refractivity contribution in [2.45, 2.75) is 63.1 Å². The van der Waals surface area contributed by atoms with Crippen molar-refractivity contribution in [2.24, 2.45) is 5.16 Å². The lowest BCUT2D eigenvalue weighted by Gasteiger charge is -2.29. The molecule has 1 amide bonds. The van der Waals surface area contributed by atoms with Gasteiger partial charge in [-0.25, -0.2) is 23.1 Å². The van der Waals surface area contributed by atoms with Gasteiger partial charge in [0, 0.05) is 43.3 Å². The molecule has 2 aliphatic rings. The lowest BCUT2D eigenvalue weighted by Crippen LogP contribution is -2.52. The van der Waals surface area contributed by atoms with Gasteiger partial charge >= 0.3 is 0 Å². The van der Waals surface area contributed by atoms with Crippen LogP contribution in [-0.2, 0) is 29.0 Å². The van der Waals surface area contributed by atoms with Crippen LogP contribution in [0.5, 0.6) is 0 Å². The third kappa shape index (κ3) is 5.46. The SMILES string of the molecule is CC#Cc1ccc(C2=NO[C@@H](C[C@](C)(C(=O)NOC3CCCCO3)S(C)(=O)=O)C2)c(F)c1. The molecule has 1 unspecified atom stereocenters. The molecule has 3 atom stereocenters. The van der Waals surface area contributed by atoms with E-state index in [1.54, 1.807) is 19.1 Å². The molecule has 0 aromatic heterocycles. The fraction of sp³-hybridized carbons (Fsp3) is 0.545. The molecule has 1 aromatic rings. The zero-order valence-electron chi connectivity index (χ0n) is 18.3. The first-order valence-corrected chi connectivity index (χ1v) is 12.3. The minimum absolute atomic E-state index is 0.153. The smallest absolute Gasteiger partial charge is 0.264 e. The zero-order chi connectivity index (χ0) is 23.4. The Morgan fingerprint density at radius 1 is 1.41 bits per heavy atom. The molecule has 0 bridgehead atoms. The number of carbonyl (C=O) groups excluding carboxylic acids is 1. The average molecular weight is 467 g/mol. The number of hydroxylamine groups is 1. The van der Waals surface area contributed by atoms with Crippen LogP contribution in [0.1, 0.15) is 57.1 Å². The Hall–Kier alpha value is -2.48. The second-order valence-corrected chi connectivity index (χ2v) is 10.5. The fourth-order valence-electron chi connectivity index (χ4n) is 3.55. The first kappa shape index (κ1) is 24.2. The predicted molar refractivity (Wildman–Crippen MR) is 116 cm³/mol. The summed E-state index contributed by atoms with van der Waals surface area (Å²) >= 11 is 0. The molecule has 0 spiro atoms. The first-order chi connectivity index (χ1) is 15.1. The summed E-state index contributed by atoms with van der Waals surface area (Å²) in [4.78, 5) is 23.5. The van der Waals surface area contributed by atoms with Gasteiger partial charge in [-0.1, -0.05) is 11.1 Å². The molecule has 2 aliphatic heterocycles. The van der Waals surface area contributed by atoms with E-state index >= 15 is 0 Å². The second-order valence-electron chi connectivity index (χ2n) is 8.09. The molecule has 1 aromatic carbocycles. The molecular weight excluding hydrogens is 439 g/mol. The Labute approximate surface area is 187 Å². The summed E-state index contributed by atoms with van der Waals surface area (Å²) in [5, 5.41) is 3.93. The van der Waals surface area contributed by atoms with E-state index in [0.717, 1.165) is 19.1 Å². The molecule has 1 fully saturated rings. The van der Waals surface area contributed by atoms with E-state index in [2.05, 4.69) is 22.5 Å². The number of carbonyl (C=O) groups is 1. The Balaban J connectivity index is 1.67. The molecule has 3 rings (SSSR count). The van der Waals surface area contributed by atoms with E-state index in [-0.39, 0.29) is 18.4 Å². The van der Waals surface area contributed by atoms with Gasteiger partial charge in [-0.15, -0.1) is 5.92 Å². The highest BCUT2D eigenvalue weighted by Gasteiger charge is 2.47. The molecule has 8 nitrogen and oxygen atoms in total. The molecule has 0 saturated carbocycles. The molecule has 1 N–H and O–H groups in total. The number of nitrogens with zero attached hydrogens (tertiary/aromatic N) is 1. The summed E-state index contributed by atoms with van der Waals surface area (Å²) in [7, 11) is -3.86. The Morgan fingerprint density at radius 3 is 2.81 bits per heavy atom. The van der Waals surface area contributed by atoms with Crippen molar-refractivity contribution in [3.63, 3.8) is 0 Å². The van der Waals surface area contributed by atoms with Crippen molar-refractivity contribution in [3.05, 3.63) is 35.1 Å². The van der Waals surface area contributed by atoms with Crippen LogP contribution in [0.25, 0.3) is 0 Å². The van der Waals surface area contributed by atoms with E-state index in [1.165, 1.54) is 13.0 Å². The normalized spacial score (nSPS) is 22.7. The number of benzene rings is 1. The highest BCUT2D eigenvalue weighted by Crippen LogP contribution is 2.30. The summed E-state index contributed by atoms with van der Waals surface area (Å²) < 4.78 is 43.1. The minimum atomic E-state index is -3.86. The molecule has 32 heavy (non-hydrogen) atoms. The standard InChI is InChI=1S/C22H27FN2O6S/c1-4-7-15-9-10-17(18(23)12-15)19-13-16(30-24-19)14-22(2,32(3,27)28)21(26)25-31-20-8-5-6-11-29-20/h9-10,12,16,20H,5-6,8,11,13-14H2,1-3H3,(H,25,26)/t16-,20?,22-/m1/s1. The van der Waals surface area contributed by atoms with Crippen LogP contribution in [0.4, 0.5) is 4.39 Å². The van der Waals surface area contributed by atoms with Crippen molar-refractivity contribution in [1.82, 2.24) is 5.48 Å². The van der Waals surface area contributed by atoms with Crippen LogP contribution in [-0.4, -0.2) is 50.0 Å². The average Bonchev–Trinajstić information content (AvgIpc) is 3.20. The third-order valence-corrected chi connectivity index (χ3v) is 7.61. The minimum Gasteiger partial charge on any atom is -0.392 e. The lowest BCUT2D eigenvalue weighted by molar-refractivity contribution is -0.201. The number of rotatable bonds is 7. The van der Waals surface area contributed by atoms with Crippen LogP contribution in [0.2, 0.25) is 0 Å². The Morgan fingerprint density at radius 2 is 2.19 bits per heavy atom. The van der Waals surface area contributed by atoms with Crippen LogP contribution >= 0.6 is 0 Å². The number of amides is 1. The Kier molecular flexibility index (Phi) is 7.54. The largest absolute Gasteiger partial charge is 0.392 e. The van der Waals surface area contributed by atoms with Crippen LogP contribution in [0.15, 0.2) is 23.4 Å². The maximum Gasteiger partial charge on any atom is 0.264 e. The van der Waals surface area contributed by atoms with Gasteiger partial charge in [0.1, 0.15) is 11.9 Å². The predicted octanol–water partition coefficient (Wildman–Crippen LogP) is 2.46. The molecule has 2 heterocycles. The Bertz CT molecular complexity index is 1060. The van der Waals surface area contributed by atoms with Crippen molar-refractivity contribution >= 4 is 21.5 Å². The molecule has 174 valence electrons. The van der Waals surface area contributed by atoms with Crippen LogP contribution < -0.4 is 5.48 Å². The number of nitrogens with one attached hydrogen (secondary N) is 1. The summed E-state index contributed by atoms with van der Waals surface area (Å²) in [5.74, 6) is 4.16. The van der Waals surface area contributed by atoms with Gasteiger partial charge in [0.15, 0.2) is 20.9 Å². The highest BCUT2D eigenvalue weighted by atomic mass is 32.2. The number of hydrogen-bond donors (Lipinski definition) is 1. The second kappa shape index (κ2) is 9.98.